The normalized spacial score (nSPS) is 16.2. The Labute approximate surface area is 196 Å². The third-order valence-corrected chi connectivity index (χ3v) is 7.30. The highest BCUT2D eigenvalue weighted by Gasteiger charge is 2.27. The van der Waals surface area contributed by atoms with Crippen molar-refractivity contribution in [2.75, 3.05) is 31.5 Å². The van der Waals surface area contributed by atoms with E-state index in [4.69, 9.17) is 0 Å². The van der Waals surface area contributed by atoms with Gasteiger partial charge in [0, 0.05) is 45.3 Å². The van der Waals surface area contributed by atoms with Gasteiger partial charge in [-0.05, 0) is 55.7 Å². The van der Waals surface area contributed by atoms with Crippen LogP contribution in [-0.4, -0.2) is 62.3 Å². The molecule has 0 saturated carbocycles. The molecule has 0 radical (unpaired) electrons. The van der Waals surface area contributed by atoms with Crippen molar-refractivity contribution in [1.29, 1.82) is 0 Å². The Hall–Kier alpha value is -2.75. The second kappa shape index (κ2) is 10.9. The molecule has 0 aromatic heterocycles. The Morgan fingerprint density at radius 3 is 2.36 bits per heavy atom. The van der Waals surface area contributed by atoms with Crippen molar-refractivity contribution in [3.8, 4) is 0 Å². The van der Waals surface area contributed by atoms with Gasteiger partial charge in [-0.3, -0.25) is 14.5 Å². The average Bonchev–Trinajstić information content (AvgIpc) is 3.00. The molecule has 0 unspecified atom stereocenters. The summed E-state index contributed by atoms with van der Waals surface area (Å²) in [5, 5.41) is 2.59. The van der Waals surface area contributed by atoms with Gasteiger partial charge in [0.15, 0.2) is 0 Å². The number of nitrogens with one attached hydrogen (secondary N) is 2. The van der Waals surface area contributed by atoms with Crippen molar-refractivity contribution >= 4 is 27.5 Å². The van der Waals surface area contributed by atoms with Crippen LogP contribution in [0.5, 0.6) is 0 Å². The Balaban J connectivity index is 1.57. The highest BCUT2D eigenvalue weighted by molar-refractivity contribution is 7.89. The van der Waals surface area contributed by atoms with Gasteiger partial charge in [0.05, 0.1) is 10.9 Å². The van der Waals surface area contributed by atoms with E-state index in [9.17, 15) is 18.0 Å². The molecule has 1 atom stereocenters. The molecular formula is C24H32N4O4S. The van der Waals surface area contributed by atoms with Crippen LogP contribution < -0.4 is 10.0 Å². The first-order valence-electron chi connectivity index (χ1n) is 11.1. The van der Waals surface area contributed by atoms with Gasteiger partial charge in [0.2, 0.25) is 21.8 Å². The zero-order chi connectivity index (χ0) is 24.0. The largest absolute Gasteiger partial charge is 0.340 e. The van der Waals surface area contributed by atoms with Crippen molar-refractivity contribution in [2.24, 2.45) is 0 Å². The van der Waals surface area contributed by atoms with E-state index in [2.05, 4.69) is 34.0 Å². The van der Waals surface area contributed by atoms with Gasteiger partial charge < -0.3 is 10.2 Å². The van der Waals surface area contributed by atoms with Gasteiger partial charge in [-0.2, -0.15) is 4.72 Å². The summed E-state index contributed by atoms with van der Waals surface area (Å²) in [5.74, 6) is -0.468. The number of anilines is 1. The number of nitrogens with zero attached hydrogens (tertiary/aromatic N) is 2. The lowest BCUT2D eigenvalue weighted by Crippen LogP contribution is -2.47. The fourth-order valence-electron chi connectivity index (χ4n) is 3.92. The highest BCUT2D eigenvalue weighted by atomic mass is 32.2. The standard InChI is InChI=1S/C24H32N4O4S/c1-18-7-4-5-8-21(18)17-27-13-6-14-28(16-15-27)24(30)19(2)26-33(31,32)23-11-9-22(10-12-23)25-20(3)29/h4-5,7-12,19,26H,6,13-17H2,1-3H3,(H,25,29)/t19-/m0/s1. The summed E-state index contributed by atoms with van der Waals surface area (Å²) in [5.41, 5.74) is 3.04. The minimum absolute atomic E-state index is 0.0384. The van der Waals surface area contributed by atoms with Crippen LogP contribution in [0.2, 0.25) is 0 Å². The van der Waals surface area contributed by atoms with Crippen LogP contribution in [0.25, 0.3) is 0 Å². The molecule has 1 aliphatic heterocycles. The van der Waals surface area contributed by atoms with Gasteiger partial charge >= 0.3 is 0 Å². The summed E-state index contributed by atoms with van der Waals surface area (Å²) >= 11 is 0. The van der Waals surface area contributed by atoms with Crippen LogP contribution in [0.3, 0.4) is 0 Å². The molecule has 9 heteroatoms. The van der Waals surface area contributed by atoms with E-state index < -0.39 is 16.1 Å². The van der Waals surface area contributed by atoms with Crippen molar-refractivity contribution in [2.45, 2.75) is 44.7 Å². The lowest BCUT2D eigenvalue weighted by Gasteiger charge is -2.25. The number of aryl methyl sites for hydroxylation is 1. The topological polar surface area (TPSA) is 98.8 Å². The molecule has 1 heterocycles. The Morgan fingerprint density at radius 2 is 1.70 bits per heavy atom. The van der Waals surface area contributed by atoms with E-state index in [1.165, 1.54) is 42.3 Å². The monoisotopic (exact) mass is 472 g/mol. The lowest BCUT2D eigenvalue weighted by atomic mass is 10.1. The highest BCUT2D eigenvalue weighted by Crippen LogP contribution is 2.16. The molecule has 178 valence electrons. The molecule has 0 aliphatic carbocycles. The quantitative estimate of drug-likeness (QED) is 0.645. The molecule has 0 bridgehead atoms. The smallest absolute Gasteiger partial charge is 0.241 e. The SMILES string of the molecule is CC(=O)Nc1ccc(S(=O)(=O)N[C@@H](C)C(=O)N2CCCN(Cc3ccccc3C)CC2)cc1. The molecule has 1 aliphatic rings. The Morgan fingerprint density at radius 1 is 1.00 bits per heavy atom. The zero-order valence-electron chi connectivity index (χ0n) is 19.4. The van der Waals surface area contributed by atoms with E-state index in [1.54, 1.807) is 11.8 Å². The zero-order valence-corrected chi connectivity index (χ0v) is 20.2. The van der Waals surface area contributed by atoms with E-state index in [0.29, 0.717) is 18.8 Å². The lowest BCUT2D eigenvalue weighted by molar-refractivity contribution is -0.132. The van der Waals surface area contributed by atoms with Crippen LogP contribution >= 0.6 is 0 Å². The van der Waals surface area contributed by atoms with Gasteiger partial charge in [-0.1, -0.05) is 24.3 Å². The van der Waals surface area contributed by atoms with Gasteiger partial charge in [0.1, 0.15) is 0 Å². The van der Waals surface area contributed by atoms with E-state index in [-0.39, 0.29) is 16.7 Å². The summed E-state index contributed by atoms with van der Waals surface area (Å²) in [7, 11) is -3.87. The average molecular weight is 473 g/mol. The first-order chi connectivity index (χ1) is 15.7. The van der Waals surface area contributed by atoms with Crippen molar-refractivity contribution < 1.29 is 18.0 Å². The van der Waals surface area contributed by atoms with Crippen molar-refractivity contribution in [3.63, 3.8) is 0 Å². The summed E-state index contributed by atoms with van der Waals surface area (Å²) in [6, 6.07) is 13.2. The van der Waals surface area contributed by atoms with Crippen molar-refractivity contribution in [3.05, 3.63) is 59.7 Å². The van der Waals surface area contributed by atoms with Gasteiger partial charge in [-0.15, -0.1) is 0 Å². The summed E-state index contributed by atoms with van der Waals surface area (Å²) < 4.78 is 28.0. The molecule has 1 saturated heterocycles. The predicted octanol–water partition coefficient (Wildman–Crippen LogP) is 2.35. The molecule has 33 heavy (non-hydrogen) atoms. The summed E-state index contributed by atoms with van der Waals surface area (Å²) in [6.07, 6.45) is 0.835. The fraction of sp³-hybridized carbons (Fsp3) is 0.417. The van der Waals surface area contributed by atoms with Crippen LogP contribution in [0, 0.1) is 6.92 Å². The molecule has 8 nitrogen and oxygen atoms in total. The number of hydrogen-bond donors (Lipinski definition) is 2. The summed E-state index contributed by atoms with van der Waals surface area (Å²) in [4.78, 5) is 28.2. The minimum Gasteiger partial charge on any atom is -0.340 e. The number of rotatable bonds is 7. The number of hydrogen-bond acceptors (Lipinski definition) is 5. The number of sulfonamides is 1. The predicted molar refractivity (Wildman–Crippen MR) is 128 cm³/mol. The molecule has 2 N–H and O–H groups in total. The molecule has 0 spiro atoms. The van der Waals surface area contributed by atoms with E-state index >= 15 is 0 Å². The van der Waals surface area contributed by atoms with Crippen LogP contribution in [0.1, 0.15) is 31.4 Å². The molecule has 2 aromatic carbocycles. The minimum atomic E-state index is -3.87. The Bertz CT molecular complexity index is 1090. The van der Waals surface area contributed by atoms with Gasteiger partial charge in [-0.25, -0.2) is 8.42 Å². The van der Waals surface area contributed by atoms with Crippen LogP contribution in [-0.2, 0) is 26.2 Å². The molecule has 2 amide bonds. The Kier molecular flexibility index (Phi) is 8.23. The first kappa shape index (κ1) is 24.9. The van der Waals surface area contributed by atoms with Gasteiger partial charge in [0.25, 0.3) is 0 Å². The maximum Gasteiger partial charge on any atom is 0.241 e. The number of carbonyl (C=O) groups is 2. The summed E-state index contributed by atoms with van der Waals surface area (Å²) in [6.45, 7) is 8.67. The molecular weight excluding hydrogens is 440 g/mol. The van der Waals surface area contributed by atoms with Crippen LogP contribution in [0.4, 0.5) is 5.69 Å². The number of carbonyl (C=O) groups excluding carboxylic acids is 2. The van der Waals surface area contributed by atoms with E-state index in [1.807, 2.05) is 12.1 Å². The third-order valence-electron chi connectivity index (χ3n) is 5.74. The van der Waals surface area contributed by atoms with E-state index in [0.717, 1.165) is 26.1 Å². The molecule has 2 aromatic rings. The maximum atomic E-state index is 13.0. The second-order valence-electron chi connectivity index (χ2n) is 8.43. The third kappa shape index (κ3) is 6.86. The fourth-order valence-corrected chi connectivity index (χ4v) is 5.12. The maximum absolute atomic E-state index is 13.0. The number of benzene rings is 2. The first-order valence-corrected chi connectivity index (χ1v) is 12.6. The van der Waals surface area contributed by atoms with Crippen LogP contribution in [0.15, 0.2) is 53.4 Å². The number of amides is 2. The second-order valence-corrected chi connectivity index (χ2v) is 10.1. The molecule has 1 fully saturated rings. The molecule has 3 rings (SSSR count). The van der Waals surface area contributed by atoms with Crippen molar-refractivity contribution in [1.82, 2.24) is 14.5 Å².